The molecule has 4 aromatic rings. The highest BCUT2D eigenvalue weighted by Crippen LogP contribution is 2.36. The molecule has 5 rings (SSSR count). The Morgan fingerprint density at radius 3 is 1.85 bits per heavy atom. The summed E-state index contributed by atoms with van der Waals surface area (Å²) >= 11 is 0. The smallest absolute Gasteiger partial charge is 0.249 e. The Bertz CT molecular complexity index is 1420. The average molecular weight is 560 g/mol. The van der Waals surface area contributed by atoms with E-state index in [4.69, 9.17) is 0 Å². The van der Waals surface area contributed by atoms with Crippen LogP contribution >= 0.6 is 0 Å². The molecule has 0 spiro atoms. The van der Waals surface area contributed by atoms with Gasteiger partial charge in [0.05, 0.1) is 11.1 Å². The summed E-state index contributed by atoms with van der Waals surface area (Å²) in [6.07, 6.45) is 1.58. The Labute approximate surface area is 238 Å². The number of nitrogens with zero attached hydrogens (tertiary/aromatic N) is 1. The second kappa shape index (κ2) is 13.2. The zero-order chi connectivity index (χ0) is 29.4. The van der Waals surface area contributed by atoms with Crippen molar-refractivity contribution in [1.82, 2.24) is 10.3 Å². The molecule has 5 nitrogen and oxygen atoms in total. The Morgan fingerprint density at radius 2 is 1.32 bits per heavy atom. The normalized spacial score (nSPS) is 13.9. The topological polar surface area (TPSA) is 61.4 Å². The number of rotatable bonds is 6. The van der Waals surface area contributed by atoms with E-state index in [1.54, 1.807) is 48.2 Å². The highest BCUT2D eigenvalue weighted by Gasteiger charge is 2.43. The van der Waals surface area contributed by atoms with Gasteiger partial charge in [-0.15, -0.1) is 0 Å². The van der Waals surface area contributed by atoms with E-state index in [9.17, 15) is 22.8 Å². The monoisotopic (exact) mass is 559 g/mol. The molecular formula is C33H32F3N3O2. The van der Waals surface area contributed by atoms with Gasteiger partial charge in [-0.25, -0.2) is 13.2 Å². The maximum atomic E-state index is 13.7. The summed E-state index contributed by atoms with van der Waals surface area (Å²) < 4.78 is 39.7. The largest absolute Gasteiger partial charge is 0.345 e. The number of carbonyl (C=O) groups excluding carboxylic acids is 2. The van der Waals surface area contributed by atoms with Crippen molar-refractivity contribution in [1.29, 1.82) is 0 Å². The van der Waals surface area contributed by atoms with Gasteiger partial charge < -0.3 is 4.90 Å². The summed E-state index contributed by atoms with van der Waals surface area (Å²) in [4.78, 5) is 25.7. The quantitative estimate of drug-likeness (QED) is 0.204. The van der Waals surface area contributed by atoms with E-state index in [0.29, 0.717) is 42.7 Å². The first-order valence-electron chi connectivity index (χ1n) is 13.3. The number of hydrazine groups is 1. The van der Waals surface area contributed by atoms with Crippen molar-refractivity contribution >= 4 is 18.0 Å². The molecule has 2 amide bonds. The van der Waals surface area contributed by atoms with Crippen LogP contribution in [0.15, 0.2) is 91.0 Å². The summed E-state index contributed by atoms with van der Waals surface area (Å²) in [5, 5.41) is 0. The third kappa shape index (κ3) is 7.33. The zero-order valence-corrected chi connectivity index (χ0v) is 23.0. The van der Waals surface area contributed by atoms with Crippen LogP contribution in [0.4, 0.5) is 18.9 Å². The van der Waals surface area contributed by atoms with Crippen LogP contribution < -0.4 is 10.9 Å². The van der Waals surface area contributed by atoms with E-state index in [2.05, 4.69) is 29.9 Å². The molecule has 41 heavy (non-hydrogen) atoms. The molecule has 2 N–H and O–H groups in total. The van der Waals surface area contributed by atoms with E-state index >= 15 is 0 Å². The van der Waals surface area contributed by atoms with Crippen molar-refractivity contribution in [3.8, 4) is 11.1 Å². The fraction of sp³-hybridized carbons (Fsp3) is 0.212. The van der Waals surface area contributed by atoms with Crippen LogP contribution in [0.2, 0.25) is 0 Å². The van der Waals surface area contributed by atoms with Gasteiger partial charge in [-0.05, 0) is 85.3 Å². The van der Waals surface area contributed by atoms with Crippen LogP contribution in [-0.4, -0.2) is 30.3 Å². The molecule has 8 heteroatoms. The molecular weight excluding hydrogens is 527 g/mol. The van der Waals surface area contributed by atoms with E-state index in [1.807, 2.05) is 12.1 Å². The lowest BCUT2D eigenvalue weighted by atomic mass is 9.72. The maximum Gasteiger partial charge on any atom is 0.249 e. The summed E-state index contributed by atoms with van der Waals surface area (Å²) in [5.41, 5.74) is 9.51. The molecule has 1 aliphatic heterocycles. The summed E-state index contributed by atoms with van der Waals surface area (Å²) in [6.45, 7) is 4.55. The van der Waals surface area contributed by atoms with Crippen molar-refractivity contribution in [2.45, 2.75) is 32.1 Å². The van der Waals surface area contributed by atoms with Gasteiger partial charge in [-0.1, -0.05) is 60.2 Å². The van der Waals surface area contributed by atoms with Crippen molar-refractivity contribution in [3.05, 3.63) is 125 Å². The number of hydrogen-bond acceptors (Lipinski definition) is 3. The second-order valence-corrected chi connectivity index (χ2v) is 10.1. The second-order valence-electron chi connectivity index (χ2n) is 10.1. The number of benzene rings is 4. The van der Waals surface area contributed by atoms with Gasteiger partial charge in [0.25, 0.3) is 0 Å². The Balaban J connectivity index is 0.000000231. The van der Waals surface area contributed by atoms with Crippen LogP contribution in [0.25, 0.3) is 11.1 Å². The van der Waals surface area contributed by atoms with Crippen LogP contribution in [0.1, 0.15) is 29.5 Å². The van der Waals surface area contributed by atoms with E-state index in [-0.39, 0.29) is 23.4 Å². The van der Waals surface area contributed by atoms with Crippen molar-refractivity contribution in [2.24, 2.45) is 0 Å². The van der Waals surface area contributed by atoms with Crippen LogP contribution in [0, 0.1) is 31.3 Å². The number of piperidine rings is 1. The van der Waals surface area contributed by atoms with Crippen molar-refractivity contribution < 1.29 is 22.8 Å². The van der Waals surface area contributed by atoms with Crippen molar-refractivity contribution in [2.75, 3.05) is 18.5 Å². The molecule has 1 heterocycles. The number of amides is 2. The lowest BCUT2D eigenvalue weighted by Gasteiger charge is -2.39. The van der Waals surface area contributed by atoms with Crippen molar-refractivity contribution in [3.63, 3.8) is 0 Å². The molecule has 212 valence electrons. The van der Waals surface area contributed by atoms with E-state index in [1.165, 1.54) is 35.9 Å². The maximum absolute atomic E-state index is 13.7. The predicted molar refractivity (Wildman–Crippen MR) is 154 cm³/mol. The predicted octanol–water partition coefficient (Wildman–Crippen LogP) is 6.71. The number of carbonyl (C=O) groups is 2. The molecule has 4 aromatic carbocycles. The fourth-order valence-electron chi connectivity index (χ4n) is 4.73. The van der Waals surface area contributed by atoms with E-state index < -0.39 is 5.41 Å². The first-order valence-corrected chi connectivity index (χ1v) is 13.3. The molecule has 0 aromatic heterocycles. The number of likely N-dealkylation sites (tertiary alicyclic amines) is 1. The van der Waals surface area contributed by atoms with Gasteiger partial charge in [0.1, 0.15) is 17.5 Å². The molecule has 0 aliphatic carbocycles. The number of anilines is 1. The molecule has 0 unspecified atom stereocenters. The fourth-order valence-corrected chi connectivity index (χ4v) is 4.73. The molecule has 0 bridgehead atoms. The van der Waals surface area contributed by atoms with Gasteiger partial charge >= 0.3 is 0 Å². The third-order valence-electron chi connectivity index (χ3n) is 7.35. The average Bonchev–Trinajstić information content (AvgIpc) is 2.99. The summed E-state index contributed by atoms with van der Waals surface area (Å²) in [6, 6.07) is 25.1. The van der Waals surface area contributed by atoms with Gasteiger partial charge in [0.15, 0.2) is 0 Å². The number of nitrogens with one attached hydrogen (secondary N) is 2. The van der Waals surface area contributed by atoms with Gasteiger partial charge in [0.2, 0.25) is 12.3 Å². The lowest BCUT2D eigenvalue weighted by Crippen LogP contribution is -2.52. The minimum absolute atomic E-state index is 0.194. The van der Waals surface area contributed by atoms with Crippen LogP contribution in [0.3, 0.4) is 0 Å². The molecule has 1 saturated heterocycles. The Kier molecular flexibility index (Phi) is 9.45. The van der Waals surface area contributed by atoms with Crippen LogP contribution in [-0.2, 0) is 15.0 Å². The minimum Gasteiger partial charge on any atom is -0.345 e. The number of hydrogen-bond donors (Lipinski definition) is 2. The Morgan fingerprint density at radius 1 is 0.780 bits per heavy atom. The minimum atomic E-state index is -0.899. The molecule has 1 fully saturated rings. The Hall–Kier alpha value is -4.59. The summed E-state index contributed by atoms with van der Waals surface area (Å²) in [7, 11) is 0. The molecule has 0 saturated carbocycles. The number of aryl methyl sites for hydroxylation is 2. The SMILES string of the molecule is Cc1ccc(-c2ccc(F)cc2)cc1.Cc1ccc(NNC(=O)C2(c3ccc(F)cc3)CCN(C=O)CC2)cc1F. The molecule has 0 radical (unpaired) electrons. The highest BCUT2D eigenvalue weighted by atomic mass is 19.1. The lowest BCUT2D eigenvalue weighted by molar-refractivity contribution is -0.130. The highest BCUT2D eigenvalue weighted by molar-refractivity contribution is 5.89. The number of halogens is 3. The van der Waals surface area contributed by atoms with Gasteiger partial charge in [-0.2, -0.15) is 0 Å². The van der Waals surface area contributed by atoms with Gasteiger partial charge in [0, 0.05) is 13.1 Å². The molecule has 0 atom stereocenters. The van der Waals surface area contributed by atoms with E-state index in [0.717, 1.165) is 17.5 Å². The first-order chi connectivity index (χ1) is 19.7. The zero-order valence-electron chi connectivity index (χ0n) is 23.0. The molecule has 1 aliphatic rings. The standard InChI is InChI=1S/C20H21F2N3O2.C13H11F/c1-14-2-7-17(12-18(14)22)23-24-19(27)20(8-10-25(13-26)11-9-20)15-3-5-16(21)6-4-15;1-10-2-4-11(5-3-10)12-6-8-13(14)9-7-12/h2-7,12-13,23H,8-11H2,1H3,(H,24,27);2-9H,1H3. The van der Waals surface area contributed by atoms with Gasteiger partial charge in [-0.3, -0.25) is 20.4 Å². The van der Waals surface area contributed by atoms with Crippen LogP contribution in [0.5, 0.6) is 0 Å². The summed E-state index contributed by atoms with van der Waals surface area (Å²) in [5.74, 6) is -1.25. The first kappa shape index (κ1) is 29.4. The third-order valence-corrected chi connectivity index (χ3v) is 7.35.